The first kappa shape index (κ1) is 25.1. The molecule has 178 valence electrons. The Labute approximate surface area is 204 Å². The monoisotopic (exact) mass is 490 g/mol. The van der Waals surface area contributed by atoms with Crippen LogP contribution in [0.2, 0.25) is 5.15 Å². The lowest BCUT2D eigenvalue weighted by Crippen LogP contribution is -2.57. The van der Waals surface area contributed by atoms with Gasteiger partial charge < -0.3 is 20.4 Å². The van der Waals surface area contributed by atoms with Crippen LogP contribution in [0.5, 0.6) is 0 Å². The lowest BCUT2D eigenvalue weighted by atomic mass is 10.1. The molecule has 0 aliphatic carbocycles. The fourth-order valence-electron chi connectivity index (χ4n) is 3.56. The summed E-state index contributed by atoms with van der Waals surface area (Å²) in [6.07, 6.45) is 0. The molecule has 1 saturated heterocycles. The fourth-order valence-corrected chi connectivity index (χ4v) is 4.44. The third kappa shape index (κ3) is 6.98. The minimum absolute atomic E-state index is 0.0195. The largest absolute Gasteiger partial charge is 0.353 e. The number of rotatable bonds is 6. The normalized spacial score (nSPS) is 16.2. The maximum absolute atomic E-state index is 12.4. The Balaban J connectivity index is 1.60. The minimum atomic E-state index is -0.133. The Morgan fingerprint density at radius 3 is 2.61 bits per heavy atom. The van der Waals surface area contributed by atoms with Gasteiger partial charge in [0.2, 0.25) is 5.91 Å². The number of piperazine rings is 1. The first-order chi connectivity index (χ1) is 15.6. The highest BCUT2D eigenvalue weighted by Crippen LogP contribution is 2.24. The van der Waals surface area contributed by atoms with Crippen LogP contribution in [-0.2, 0) is 4.79 Å². The number of urea groups is 1. The van der Waals surface area contributed by atoms with Gasteiger partial charge in [0, 0.05) is 43.5 Å². The summed E-state index contributed by atoms with van der Waals surface area (Å²) in [5.41, 5.74) is 3.07. The summed E-state index contributed by atoms with van der Waals surface area (Å²) in [5.74, 6) is 0.737. The molecule has 8 nitrogen and oxygen atoms in total. The Morgan fingerprint density at radius 2 is 1.94 bits per heavy atom. The number of carbonyl (C=O) groups excluding carboxylic acids is 2. The van der Waals surface area contributed by atoms with E-state index in [0.717, 1.165) is 11.3 Å². The molecule has 1 aromatic heterocycles. The van der Waals surface area contributed by atoms with E-state index in [2.05, 4.69) is 25.5 Å². The van der Waals surface area contributed by atoms with Crippen molar-refractivity contribution in [1.29, 1.82) is 0 Å². The zero-order valence-corrected chi connectivity index (χ0v) is 21.3. The van der Waals surface area contributed by atoms with Crippen LogP contribution in [0.3, 0.4) is 0 Å². The molecule has 1 unspecified atom stereocenters. The van der Waals surface area contributed by atoms with Crippen LogP contribution in [0.4, 0.5) is 16.3 Å². The molecule has 3 amide bonds. The molecule has 2 aromatic rings. The second-order valence-electron chi connectivity index (χ2n) is 8.56. The molecule has 1 atom stereocenters. The van der Waals surface area contributed by atoms with Crippen LogP contribution < -0.4 is 15.5 Å². The number of nitrogens with zero attached hydrogens (tertiary/aromatic N) is 4. The number of hydrogen-bond acceptors (Lipinski definition) is 6. The number of hydrogen-bond donors (Lipinski definition) is 2. The first-order valence-electron chi connectivity index (χ1n) is 11.0. The van der Waals surface area contributed by atoms with E-state index in [0.29, 0.717) is 35.8 Å². The van der Waals surface area contributed by atoms with E-state index >= 15 is 0 Å². The fraction of sp³-hybridized carbons (Fsp3) is 0.478. The average molecular weight is 491 g/mol. The zero-order chi connectivity index (χ0) is 24.1. The van der Waals surface area contributed by atoms with E-state index in [-0.39, 0.29) is 29.8 Å². The minimum Gasteiger partial charge on any atom is -0.353 e. The zero-order valence-electron chi connectivity index (χ0n) is 19.7. The van der Waals surface area contributed by atoms with Gasteiger partial charge in [-0.1, -0.05) is 29.4 Å². The van der Waals surface area contributed by atoms with Gasteiger partial charge in [-0.05, 0) is 57.9 Å². The molecule has 1 fully saturated rings. The maximum Gasteiger partial charge on any atom is 0.317 e. The van der Waals surface area contributed by atoms with E-state index in [4.69, 9.17) is 11.6 Å². The van der Waals surface area contributed by atoms with Crippen molar-refractivity contribution in [3.8, 4) is 0 Å². The molecule has 1 aromatic carbocycles. The number of benzene rings is 1. The highest BCUT2D eigenvalue weighted by molar-refractivity contribution is 7.99. The highest BCUT2D eigenvalue weighted by Gasteiger charge is 2.28. The third-order valence-electron chi connectivity index (χ3n) is 5.41. The average Bonchev–Trinajstić information content (AvgIpc) is 2.74. The van der Waals surface area contributed by atoms with Gasteiger partial charge in [-0.2, -0.15) is 0 Å². The molecule has 0 radical (unpaired) electrons. The van der Waals surface area contributed by atoms with Crippen LogP contribution in [0.1, 0.15) is 31.9 Å². The Bertz CT molecular complexity index is 1020. The summed E-state index contributed by atoms with van der Waals surface area (Å²) in [6.45, 7) is 11.8. The van der Waals surface area contributed by atoms with Crippen molar-refractivity contribution in [2.24, 2.45) is 0 Å². The van der Waals surface area contributed by atoms with Gasteiger partial charge in [0.15, 0.2) is 5.16 Å². The summed E-state index contributed by atoms with van der Waals surface area (Å²) >= 11 is 7.49. The summed E-state index contributed by atoms with van der Waals surface area (Å²) in [4.78, 5) is 37.6. The number of nitrogens with one attached hydrogen (secondary N) is 2. The summed E-state index contributed by atoms with van der Waals surface area (Å²) in [5, 5.41) is 6.62. The molecule has 2 N–H and O–H groups in total. The number of amides is 3. The molecule has 0 spiro atoms. The van der Waals surface area contributed by atoms with E-state index in [1.807, 2.05) is 57.7 Å². The van der Waals surface area contributed by atoms with Gasteiger partial charge in [-0.15, -0.1) is 0 Å². The molecule has 10 heteroatoms. The van der Waals surface area contributed by atoms with Gasteiger partial charge in [-0.25, -0.2) is 14.8 Å². The second-order valence-corrected chi connectivity index (χ2v) is 9.89. The number of carbonyl (C=O) groups is 2. The Morgan fingerprint density at radius 1 is 1.18 bits per heavy atom. The van der Waals surface area contributed by atoms with E-state index < -0.39 is 0 Å². The van der Waals surface area contributed by atoms with Crippen molar-refractivity contribution in [3.63, 3.8) is 0 Å². The first-order valence-corrected chi connectivity index (χ1v) is 12.4. The number of halogens is 1. The molecule has 1 aliphatic rings. The predicted molar refractivity (Wildman–Crippen MR) is 134 cm³/mol. The molecule has 1 aliphatic heterocycles. The summed E-state index contributed by atoms with van der Waals surface area (Å²) in [7, 11) is 0. The van der Waals surface area contributed by atoms with Gasteiger partial charge >= 0.3 is 6.03 Å². The predicted octanol–water partition coefficient (Wildman–Crippen LogP) is 4.11. The van der Waals surface area contributed by atoms with E-state index in [9.17, 15) is 9.59 Å². The van der Waals surface area contributed by atoms with Crippen molar-refractivity contribution >= 4 is 46.8 Å². The molecule has 33 heavy (non-hydrogen) atoms. The molecule has 0 bridgehead atoms. The quantitative estimate of drug-likeness (QED) is 0.360. The second kappa shape index (κ2) is 11.1. The van der Waals surface area contributed by atoms with Gasteiger partial charge in [-0.3, -0.25) is 4.79 Å². The maximum atomic E-state index is 12.4. The molecular formula is C23H31ClN6O2S. The van der Waals surface area contributed by atoms with Crippen molar-refractivity contribution in [2.45, 2.75) is 51.9 Å². The van der Waals surface area contributed by atoms with Crippen molar-refractivity contribution in [1.82, 2.24) is 20.2 Å². The van der Waals surface area contributed by atoms with Crippen molar-refractivity contribution in [2.75, 3.05) is 35.6 Å². The Hall–Kier alpha value is -2.52. The molecule has 2 heterocycles. The van der Waals surface area contributed by atoms with Crippen molar-refractivity contribution in [3.05, 3.63) is 40.5 Å². The van der Waals surface area contributed by atoms with Crippen LogP contribution in [-0.4, -0.2) is 64.3 Å². The SMILES string of the molecule is Cc1ccc(NC(=O)CSc2nc(Cl)cc(N3CCN(C(=O)NC(C)C)C(C)C3)n2)cc1C. The third-order valence-corrected chi connectivity index (χ3v) is 6.45. The van der Waals surface area contributed by atoms with Crippen LogP contribution >= 0.6 is 23.4 Å². The van der Waals surface area contributed by atoms with Crippen molar-refractivity contribution < 1.29 is 9.59 Å². The standard InChI is InChI=1S/C23H31ClN6O2S/c1-14(2)25-23(32)30-9-8-29(12-17(30)5)20-11-19(24)27-22(28-20)33-13-21(31)26-18-7-6-15(3)16(4)10-18/h6-7,10-11,14,17H,8-9,12-13H2,1-5H3,(H,25,32)(H,26,31). The van der Waals surface area contributed by atoms with Gasteiger partial charge in [0.25, 0.3) is 0 Å². The number of aryl methyl sites for hydroxylation is 2. The van der Waals surface area contributed by atoms with Crippen LogP contribution in [0.15, 0.2) is 29.4 Å². The van der Waals surface area contributed by atoms with Gasteiger partial charge in [0.1, 0.15) is 11.0 Å². The summed E-state index contributed by atoms with van der Waals surface area (Å²) in [6, 6.07) is 7.61. The van der Waals surface area contributed by atoms with Crippen LogP contribution in [0, 0.1) is 13.8 Å². The van der Waals surface area contributed by atoms with E-state index in [1.54, 1.807) is 6.07 Å². The molecule has 0 saturated carbocycles. The number of thioether (sulfide) groups is 1. The topological polar surface area (TPSA) is 90.5 Å². The highest BCUT2D eigenvalue weighted by atomic mass is 35.5. The smallest absolute Gasteiger partial charge is 0.317 e. The lowest BCUT2D eigenvalue weighted by Gasteiger charge is -2.40. The molecular weight excluding hydrogens is 460 g/mol. The number of anilines is 2. The Kier molecular flexibility index (Phi) is 8.42. The van der Waals surface area contributed by atoms with E-state index in [1.165, 1.54) is 17.3 Å². The summed E-state index contributed by atoms with van der Waals surface area (Å²) < 4.78 is 0. The lowest BCUT2D eigenvalue weighted by molar-refractivity contribution is -0.113. The van der Waals surface area contributed by atoms with Gasteiger partial charge in [0.05, 0.1) is 5.75 Å². The number of aromatic nitrogens is 2. The molecule has 3 rings (SSSR count). The van der Waals surface area contributed by atoms with Crippen LogP contribution in [0.25, 0.3) is 0 Å².